The molecule has 0 spiro atoms. The first kappa shape index (κ1) is 10.0. The lowest BCUT2D eigenvalue weighted by atomic mass is 10.2. The Morgan fingerprint density at radius 3 is 2.18 bits per heavy atom. The molecule has 0 amide bonds. The van der Waals surface area contributed by atoms with E-state index in [4.69, 9.17) is 0 Å². The summed E-state index contributed by atoms with van der Waals surface area (Å²) < 4.78 is 0. The van der Waals surface area contributed by atoms with Crippen molar-refractivity contribution in [2.75, 3.05) is 14.1 Å². The maximum atomic E-state index is 3.73. The van der Waals surface area contributed by atoms with E-state index in [0.29, 0.717) is 0 Å². The number of allylic oxidation sites excluding steroid dienone is 4. The molecule has 0 saturated heterocycles. The fraction of sp³-hybridized carbons (Fsp3) is 0.400. The number of hydrogen-bond donors (Lipinski definition) is 0. The maximum absolute atomic E-state index is 3.73. The minimum absolute atomic E-state index is 1.14. The Bertz CT molecular complexity index is 185. The molecule has 0 aromatic carbocycles. The zero-order valence-electron chi connectivity index (χ0n) is 7.89. The summed E-state index contributed by atoms with van der Waals surface area (Å²) in [6.07, 6.45) is 6.03. The van der Waals surface area contributed by atoms with Crippen molar-refractivity contribution in [3.8, 4) is 0 Å². The quantitative estimate of drug-likeness (QED) is 0.560. The number of likely N-dealkylation sites (N-methyl/N-ethyl adjacent to an activating group) is 1. The normalized spacial score (nSPS) is 13.1. The van der Waals surface area contributed by atoms with Crippen LogP contribution in [0.25, 0.3) is 0 Å². The minimum atomic E-state index is 1.14. The largest absolute Gasteiger partial charge is 0.378 e. The molecule has 0 aliphatic carbocycles. The number of hydrogen-bond acceptors (Lipinski definition) is 1. The van der Waals surface area contributed by atoms with E-state index in [1.54, 1.807) is 0 Å². The SMILES string of the molecule is C=C/C(=C\C(C)=C/C)N(C)C. The third-order valence-electron chi connectivity index (χ3n) is 1.56. The van der Waals surface area contributed by atoms with Crippen LogP contribution in [0, 0.1) is 0 Å². The monoisotopic (exact) mass is 151 g/mol. The zero-order valence-corrected chi connectivity index (χ0v) is 7.89. The lowest BCUT2D eigenvalue weighted by Crippen LogP contribution is -2.08. The third-order valence-corrected chi connectivity index (χ3v) is 1.56. The highest BCUT2D eigenvalue weighted by atomic mass is 15.1. The van der Waals surface area contributed by atoms with Crippen molar-refractivity contribution < 1.29 is 0 Å². The highest BCUT2D eigenvalue weighted by Crippen LogP contribution is 2.04. The van der Waals surface area contributed by atoms with Crippen molar-refractivity contribution in [3.63, 3.8) is 0 Å². The lowest BCUT2D eigenvalue weighted by molar-refractivity contribution is 0.530. The van der Waals surface area contributed by atoms with Crippen molar-refractivity contribution in [2.45, 2.75) is 13.8 Å². The molecule has 0 bridgehead atoms. The Labute approximate surface area is 69.7 Å². The summed E-state index contributed by atoms with van der Waals surface area (Å²) in [5, 5.41) is 0. The first-order chi connectivity index (χ1) is 5.11. The minimum Gasteiger partial charge on any atom is -0.378 e. The van der Waals surface area contributed by atoms with E-state index >= 15 is 0 Å². The summed E-state index contributed by atoms with van der Waals surface area (Å²) >= 11 is 0. The Balaban J connectivity index is 4.48. The van der Waals surface area contributed by atoms with Crippen LogP contribution < -0.4 is 0 Å². The first-order valence-corrected chi connectivity index (χ1v) is 3.76. The Morgan fingerprint density at radius 2 is 1.91 bits per heavy atom. The van der Waals surface area contributed by atoms with Crippen molar-refractivity contribution in [1.82, 2.24) is 4.90 Å². The van der Waals surface area contributed by atoms with E-state index in [-0.39, 0.29) is 0 Å². The van der Waals surface area contributed by atoms with E-state index in [1.807, 2.05) is 32.0 Å². The zero-order chi connectivity index (χ0) is 8.85. The average molecular weight is 151 g/mol. The Morgan fingerprint density at radius 1 is 1.36 bits per heavy atom. The van der Waals surface area contributed by atoms with Gasteiger partial charge in [-0.25, -0.2) is 0 Å². The summed E-state index contributed by atoms with van der Waals surface area (Å²) in [6, 6.07) is 0. The van der Waals surface area contributed by atoms with Crippen LogP contribution in [0.1, 0.15) is 13.8 Å². The summed E-state index contributed by atoms with van der Waals surface area (Å²) in [6.45, 7) is 7.84. The van der Waals surface area contributed by atoms with Gasteiger partial charge in [-0.2, -0.15) is 0 Å². The summed E-state index contributed by atoms with van der Waals surface area (Å²) in [5.74, 6) is 0. The number of nitrogens with zero attached hydrogens (tertiary/aromatic N) is 1. The second kappa shape index (κ2) is 4.78. The second-order valence-corrected chi connectivity index (χ2v) is 2.70. The van der Waals surface area contributed by atoms with Crippen LogP contribution in [0.15, 0.2) is 36.1 Å². The topological polar surface area (TPSA) is 3.24 Å². The fourth-order valence-electron chi connectivity index (χ4n) is 0.687. The van der Waals surface area contributed by atoms with Crippen molar-refractivity contribution >= 4 is 0 Å². The molecule has 0 radical (unpaired) electrons. The van der Waals surface area contributed by atoms with Crippen LogP contribution in [-0.2, 0) is 0 Å². The molecule has 0 atom stereocenters. The molecule has 0 heterocycles. The summed E-state index contributed by atoms with van der Waals surface area (Å²) in [5.41, 5.74) is 2.40. The van der Waals surface area contributed by atoms with Gasteiger partial charge >= 0.3 is 0 Å². The van der Waals surface area contributed by atoms with Crippen LogP contribution >= 0.6 is 0 Å². The predicted octanol–water partition coefficient (Wildman–Crippen LogP) is 2.58. The van der Waals surface area contributed by atoms with Crippen molar-refractivity contribution in [1.29, 1.82) is 0 Å². The molecular formula is C10H17N. The Kier molecular flexibility index (Phi) is 4.35. The fourth-order valence-corrected chi connectivity index (χ4v) is 0.687. The number of rotatable bonds is 3. The standard InChI is InChI=1S/C10H17N/c1-6-9(3)8-10(7-2)11(4)5/h6-8H,2H2,1,3-5H3/b9-6-,10-8+. The lowest BCUT2D eigenvalue weighted by Gasteiger charge is -2.13. The van der Waals surface area contributed by atoms with Crippen LogP contribution in [0.2, 0.25) is 0 Å². The van der Waals surface area contributed by atoms with Crippen molar-refractivity contribution in [2.24, 2.45) is 0 Å². The van der Waals surface area contributed by atoms with Crippen molar-refractivity contribution in [3.05, 3.63) is 36.1 Å². The molecule has 0 aliphatic heterocycles. The van der Waals surface area contributed by atoms with Crippen LogP contribution in [-0.4, -0.2) is 19.0 Å². The van der Waals surface area contributed by atoms with Gasteiger partial charge in [-0.3, -0.25) is 0 Å². The first-order valence-electron chi connectivity index (χ1n) is 3.76. The maximum Gasteiger partial charge on any atom is 0.0357 e. The van der Waals surface area contributed by atoms with Gasteiger partial charge in [0.1, 0.15) is 0 Å². The van der Waals surface area contributed by atoms with E-state index in [0.717, 1.165) is 5.70 Å². The van der Waals surface area contributed by atoms with Gasteiger partial charge in [0.05, 0.1) is 0 Å². The molecular weight excluding hydrogens is 134 g/mol. The second-order valence-electron chi connectivity index (χ2n) is 2.70. The molecule has 11 heavy (non-hydrogen) atoms. The van der Waals surface area contributed by atoms with Gasteiger partial charge in [0.2, 0.25) is 0 Å². The van der Waals surface area contributed by atoms with Gasteiger partial charge in [-0.15, -0.1) is 0 Å². The molecule has 0 saturated carbocycles. The van der Waals surface area contributed by atoms with Gasteiger partial charge in [0.15, 0.2) is 0 Å². The van der Waals surface area contributed by atoms with Crippen LogP contribution in [0.5, 0.6) is 0 Å². The molecule has 0 aromatic heterocycles. The third kappa shape index (κ3) is 3.66. The molecule has 1 nitrogen and oxygen atoms in total. The predicted molar refractivity (Wildman–Crippen MR) is 51.4 cm³/mol. The van der Waals surface area contributed by atoms with Crippen LogP contribution in [0.4, 0.5) is 0 Å². The average Bonchev–Trinajstić information content (AvgIpc) is 1.99. The smallest absolute Gasteiger partial charge is 0.0357 e. The van der Waals surface area contributed by atoms with E-state index in [2.05, 4.69) is 25.7 Å². The summed E-state index contributed by atoms with van der Waals surface area (Å²) in [4.78, 5) is 2.04. The van der Waals surface area contributed by atoms with Crippen LogP contribution in [0.3, 0.4) is 0 Å². The van der Waals surface area contributed by atoms with Gasteiger partial charge in [-0.1, -0.05) is 18.2 Å². The van der Waals surface area contributed by atoms with Gasteiger partial charge in [0, 0.05) is 19.8 Å². The highest BCUT2D eigenvalue weighted by Gasteiger charge is 1.91. The molecule has 0 N–H and O–H groups in total. The molecule has 0 rings (SSSR count). The molecule has 0 unspecified atom stereocenters. The molecule has 1 heteroatoms. The molecule has 0 aliphatic rings. The van der Waals surface area contributed by atoms with Gasteiger partial charge in [-0.05, 0) is 26.0 Å². The molecule has 0 fully saturated rings. The highest BCUT2D eigenvalue weighted by molar-refractivity contribution is 5.26. The van der Waals surface area contributed by atoms with Gasteiger partial charge < -0.3 is 4.90 Å². The molecule has 0 aromatic rings. The molecule has 62 valence electrons. The van der Waals surface area contributed by atoms with E-state index in [9.17, 15) is 0 Å². The van der Waals surface area contributed by atoms with E-state index < -0.39 is 0 Å². The van der Waals surface area contributed by atoms with Gasteiger partial charge in [0.25, 0.3) is 0 Å². The summed E-state index contributed by atoms with van der Waals surface area (Å²) in [7, 11) is 4.02. The Hall–Kier alpha value is -0.980. The van der Waals surface area contributed by atoms with E-state index in [1.165, 1.54) is 5.57 Å².